The number of hydrogen-bond acceptors (Lipinski definition) is 0. The number of fused-ring (bicyclic) bond motifs is 6. The third-order valence-electron chi connectivity index (χ3n) is 13.5. The Kier molecular flexibility index (Phi) is 7.79. The lowest BCUT2D eigenvalue weighted by Gasteiger charge is -2.38. The van der Waals surface area contributed by atoms with Crippen LogP contribution in [0.4, 0.5) is 0 Å². The molecule has 262 valence electrons. The molecule has 11 rings (SSSR count). The van der Waals surface area contributed by atoms with Crippen molar-refractivity contribution >= 4 is 28.4 Å². The standard InChI is InChI=1S/C54H46/c1-3-15-39-33-41(31-25-35(39)13-1)53-47-21-9-5-17-43(47)51(44-18-6-10-22-48(44)53)37-27-29-38(30-28-37)52-45-19-7-11-23-49(45)54(50-24-12-8-20-46(50)52)42-32-26-36-14-2-4-16-40(36)34-42/h1-2,5-14,17-27,29,31-33,40,43,45,47,49H,3-4,15-16,28,30,34H2. The van der Waals surface area contributed by atoms with Gasteiger partial charge < -0.3 is 0 Å². The van der Waals surface area contributed by atoms with Gasteiger partial charge in [0.2, 0.25) is 0 Å². The molecule has 0 heteroatoms. The van der Waals surface area contributed by atoms with Crippen molar-refractivity contribution < 1.29 is 0 Å². The van der Waals surface area contributed by atoms with Crippen LogP contribution in [-0.2, 0) is 6.42 Å². The molecule has 5 atom stereocenters. The second kappa shape index (κ2) is 13.1. The lowest BCUT2D eigenvalue weighted by molar-refractivity contribution is 0.551. The molecule has 3 aromatic rings. The van der Waals surface area contributed by atoms with E-state index in [0.29, 0.717) is 29.6 Å². The second-order valence-electron chi connectivity index (χ2n) is 16.4. The lowest BCUT2D eigenvalue weighted by Crippen LogP contribution is -2.41. The van der Waals surface area contributed by atoms with Crippen molar-refractivity contribution in [3.63, 3.8) is 0 Å². The minimum Gasteiger partial charge on any atom is -0.0842 e. The molecule has 0 radical (unpaired) electrons. The summed E-state index contributed by atoms with van der Waals surface area (Å²) in [6.07, 6.45) is 46.3. The normalized spacial score (nSPS) is 27.1. The second-order valence-corrected chi connectivity index (χ2v) is 16.4. The predicted molar refractivity (Wildman–Crippen MR) is 226 cm³/mol. The molecule has 0 saturated heterocycles. The fraction of sp³-hybridized carbons (Fsp3) is 0.222. The number of allylic oxidation sites excluding steroid dienone is 19. The summed E-state index contributed by atoms with van der Waals surface area (Å²) in [7, 11) is 0. The highest BCUT2D eigenvalue weighted by Gasteiger charge is 2.36. The molecule has 0 saturated carbocycles. The van der Waals surface area contributed by atoms with Crippen LogP contribution in [0.2, 0.25) is 0 Å². The van der Waals surface area contributed by atoms with E-state index < -0.39 is 0 Å². The fourth-order valence-electron chi connectivity index (χ4n) is 11.1. The molecule has 0 N–H and O–H groups in total. The van der Waals surface area contributed by atoms with Gasteiger partial charge in [0.15, 0.2) is 0 Å². The smallest absolute Gasteiger partial charge is 0.0137 e. The molecule has 0 nitrogen and oxygen atoms in total. The molecule has 0 bridgehead atoms. The molecule has 8 aliphatic carbocycles. The van der Waals surface area contributed by atoms with E-state index in [1.807, 2.05) is 0 Å². The third kappa shape index (κ3) is 5.18. The van der Waals surface area contributed by atoms with E-state index in [1.165, 1.54) is 83.8 Å². The molecule has 0 aliphatic heterocycles. The summed E-state index contributed by atoms with van der Waals surface area (Å²) in [4.78, 5) is 0. The lowest BCUT2D eigenvalue weighted by atomic mass is 9.66. The van der Waals surface area contributed by atoms with E-state index in [-0.39, 0.29) is 0 Å². The van der Waals surface area contributed by atoms with Crippen LogP contribution < -0.4 is 20.9 Å². The van der Waals surface area contributed by atoms with Crippen molar-refractivity contribution in [2.24, 2.45) is 29.6 Å². The van der Waals surface area contributed by atoms with Gasteiger partial charge in [-0.3, -0.25) is 0 Å². The first-order valence-corrected chi connectivity index (χ1v) is 20.4. The Morgan fingerprint density at radius 3 is 1.61 bits per heavy atom. The van der Waals surface area contributed by atoms with E-state index in [0.717, 1.165) is 32.1 Å². The maximum Gasteiger partial charge on any atom is 0.0137 e. The summed E-state index contributed by atoms with van der Waals surface area (Å²) >= 11 is 0. The van der Waals surface area contributed by atoms with E-state index in [4.69, 9.17) is 0 Å². The van der Waals surface area contributed by atoms with Crippen LogP contribution in [-0.4, -0.2) is 0 Å². The molecule has 0 fully saturated rings. The summed E-state index contributed by atoms with van der Waals surface area (Å²) in [6.45, 7) is 0. The Morgan fingerprint density at radius 1 is 0.463 bits per heavy atom. The molecule has 0 heterocycles. The van der Waals surface area contributed by atoms with Crippen LogP contribution in [0.25, 0.3) is 28.4 Å². The Labute approximate surface area is 319 Å². The minimum atomic E-state index is 0.321. The van der Waals surface area contributed by atoms with Crippen molar-refractivity contribution in [1.82, 2.24) is 0 Å². The quantitative estimate of drug-likeness (QED) is 0.255. The van der Waals surface area contributed by atoms with E-state index in [2.05, 4.69) is 164 Å². The Balaban J connectivity index is 1.07. The van der Waals surface area contributed by atoms with Gasteiger partial charge in [0.05, 0.1) is 0 Å². The van der Waals surface area contributed by atoms with Gasteiger partial charge in [-0.05, 0) is 133 Å². The summed E-state index contributed by atoms with van der Waals surface area (Å²) < 4.78 is 0. The van der Waals surface area contributed by atoms with Gasteiger partial charge in [-0.25, -0.2) is 0 Å². The number of hydrogen-bond donors (Lipinski definition) is 0. The zero-order valence-electron chi connectivity index (χ0n) is 30.9. The van der Waals surface area contributed by atoms with Gasteiger partial charge >= 0.3 is 0 Å². The predicted octanol–water partition coefficient (Wildman–Crippen LogP) is 9.61. The van der Waals surface area contributed by atoms with E-state index >= 15 is 0 Å². The zero-order valence-corrected chi connectivity index (χ0v) is 30.9. The topological polar surface area (TPSA) is 0 Å². The van der Waals surface area contributed by atoms with Crippen LogP contribution in [0, 0.1) is 29.6 Å². The largest absolute Gasteiger partial charge is 0.0842 e. The van der Waals surface area contributed by atoms with E-state index in [1.54, 1.807) is 11.1 Å². The summed E-state index contributed by atoms with van der Waals surface area (Å²) in [5.41, 5.74) is 16.4. The molecular weight excluding hydrogens is 649 g/mol. The van der Waals surface area contributed by atoms with Crippen LogP contribution in [0.5, 0.6) is 0 Å². The first-order chi connectivity index (χ1) is 26.8. The number of benzene rings is 3. The minimum absolute atomic E-state index is 0.321. The van der Waals surface area contributed by atoms with Crippen LogP contribution in [0.3, 0.4) is 0 Å². The average molecular weight is 695 g/mol. The third-order valence-corrected chi connectivity index (χ3v) is 13.5. The molecule has 5 unspecified atom stereocenters. The Hall–Kier alpha value is -5.46. The van der Waals surface area contributed by atoms with Crippen LogP contribution in [0.15, 0.2) is 180 Å². The van der Waals surface area contributed by atoms with Crippen molar-refractivity contribution in [1.29, 1.82) is 0 Å². The first-order valence-electron chi connectivity index (χ1n) is 20.4. The SMILES string of the molecule is C1=CC2C(C3=CC=C(C4=c5ccccc5=C(c5ccc6c(c5)CCC=C6)C5C=CC=CC45)CC3)=c3ccccc3=C(C3=CC=C4C=CCCC4C3)C2C=C1. The fourth-order valence-corrected chi connectivity index (χ4v) is 11.1. The molecule has 8 aliphatic rings. The number of aryl methyl sites for hydroxylation is 1. The highest BCUT2D eigenvalue weighted by Crippen LogP contribution is 2.47. The average Bonchev–Trinajstić information content (AvgIpc) is 3.24. The molecule has 54 heavy (non-hydrogen) atoms. The van der Waals surface area contributed by atoms with Crippen molar-refractivity contribution in [3.8, 4) is 0 Å². The van der Waals surface area contributed by atoms with Crippen molar-refractivity contribution in [2.75, 3.05) is 0 Å². The van der Waals surface area contributed by atoms with Gasteiger partial charge in [0.25, 0.3) is 0 Å². The maximum absolute atomic E-state index is 2.51. The maximum atomic E-state index is 2.51. The summed E-state index contributed by atoms with van der Waals surface area (Å²) in [5.74, 6) is 2.00. The highest BCUT2D eigenvalue weighted by molar-refractivity contribution is 5.84. The highest BCUT2D eigenvalue weighted by atomic mass is 14.4. The molecule has 0 amide bonds. The van der Waals surface area contributed by atoms with Gasteiger partial charge in [-0.2, -0.15) is 0 Å². The monoisotopic (exact) mass is 694 g/mol. The molecular formula is C54H46. The van der Waals surface area contributed by atoms with Crippen LogP contribution >= 0.6 is 0 Å². The summed E-state index contributed by atoms with van der Waals surface area (Å²) in [5, 5.41) is 5.69. The molecule has 0 aromatic heterocycles. The summed E-state index contributed by atoms with van der Waals surface area (Å²) in [6, 6.07) is 25.8. The molecule has 3 aromatic carbocycles. The zero-order chi connectivity index (χ0) is 35.6. The molecule has 0 spiro atoms. The Bertz CT molecular complexity index is 2700. The van der Waals surface area contributed by atoms with Gasteiger partial charge in [-0.15, -0.1) is 0 Å². The van der Waals surface area contributed by atoms with Crippen molar-refractivity contribution in [3.05, 3.63) is 218 Å². The van der Waals surface area contributed by atoms with Crippen molar-refractivity contribution in [2.45, 2.75) is 44.9 Å². The first kappa shape index (κ1) is 32.0. The Morgan fingerprint density at radius 2 is 1.00 bits per heavy atom. The van der Waals surface area contributed by atoms with Gasteiger partial charge in [0.1, 0.15) is 0 Å². The van der Waals surface area contributed by atoms with Crippen LogP contribution in [0.1, 0.15) is 55.2 Å². The van der Waals surface area contributed by atoms with E-state index in [9.17, 15) is 0 Å². The number of rotatable bonds is 4. The van der Waals surface area contributed by atoms with Gasteiger partial charge in [-0.1, -0.05) is 164 Å². The van der Waals surface area contributed by atoms with Gasteiger partial charge in [0, 0.05) is 23.7 Å².